The molecule has 1 aliphatic heterocycles. The van der Waals surface area contributed by atoms with Crippen LogP contribution in [-0.4, -0.2) is 41.0 Å². The van der Waals surface area contributed by atoms with Gasteiger partial charge in [0.2, 0.25) is 5.91 Å². The summed E-state index contributed by atoms with van der Waals surface area (Å²) in [6, 6.07) is 10.7. The SMILES string of the molecule is N#C[C@@H]1CCCN1C(=O)CN[C@@H]1CCc2[nH]c3ccccc3c2C1. The number of likely N-dealkylation sites (tertiary alicyclic amines) is 1. The van der Waals surface area contributed by atoms with Crippen LogP contribution >= 0.6 is 0 Å². The van der Waals surface area contributed by atoms with E-state index < -0.39 is 0 Å². The van der Waals surface area contributed by atoms with Crippen molar-refractivity contribution < 1.29 is 4.79 Å². The number of fused-ring (bicyclic) bond motifs is 3. The van der Waals surface area contributed by atoms with E-state index in [0.717, 1.165) is 38.6 Å². The number of nitrogens with one attached hydrogen (secondary N) is 2. The molecule has 4 rings (SSSR count). The fourth-order valence-corrected chi connectivity index (χ4v) is 4.08. The zero-order valence-electron chi connectivity index (χ0n) is 13.7. The second-order valence-corrected chi connectivity index (χ2v) is 6.82. The van der Waals surface area contributed by atoms with Gasteiger partial charge in [-0.15, -0.1) is 0 Å². The Balaban J connectivity index is 1.40. The minimum Gasteiger partial charge on any atom is -0.358 e. The number of nitrogens with zero attached hydrogens (tertiary/aromatic N) is 2. The van der Waals surface area contributed by atoms with Gasteiger partial charge in [-0.3, -0.25) is 4.79 Å². The van der Waals surface area contributed by atoms with Crippen LogP contribution in [0.2, 0.25) is 0 Å². The first-order valence-electron chi connectivity index (χ1n) is 8.77. The maximum atomic E-state index is 12.4. The second-order valence-electron chi connectivity index (χ2n) is 6.82. The zero-order chi connectivity index (χ0) is 16.5. The molecule has 5 heteroatoms. The van der Waals surface area contributed by atoms with Crippen LogP contribution < -0.4 is 5.32 Å². The van der Waals surface area contributed by atoms with Gasteiger partial charge < -0.3 is 15.2 Å². The van der Waals surface area contributed by atoms with Crippen molar-refractivity contribution in [1.29, 1.82) is 5.26 Å². The topological polar surface area (TPSA) is 71.9 Å². The summed E-state index contributed by atoms with van der Waals surface area (Å²) in [6.45, 7) is 1.05. The predicted molar refractivity (Wildman–Crippen MR) is 92.5 cm³/mol. The highest BCUT2D eigenvalue weighted by Crippen LogP contribution is 2.29. The van der Waals surface area contributed by atoms with Crippen molar-refractivity contribution in [2.45, 2.75) is 44.2 Å². The van der Waals surface area contributed by atoms with Crippen molar-refractivity contribution in [3.63, 3.8) is 0 Å². The van der Waals surface area contributed by atoms with E-state index in [1.165, 1.54) is 22.2 Å². The maximum Gasteiger partial charge on any atom is 0.237 e. The molecule has 1 fully saturated rings. The molecule has 1 saturated heterocycles. The number of H-pyrrole nitrogens is 1. The molecule has 0 spiro atoms. The molecule has 0 saturated carbocycles. The van der Waals surface area contributed by atoms with Crippen LogP contribution in [0.25, 0.3) is 10.9 Å². The van der Waals surface area contributed by atoms with Gasteiger partial charge in [0.25, 0.3) is 0 Å². The average molecular weight is 322 g/mol. The number of benzene rings is 1. The Labute approximate surface area is 141 Å². The molecule has 2 aromatic rings. The number of aromatic nitrogens is 1. The number of rotatable bonds is 3. The third-order valence-corrected chi connectivity index (χ3v) is 5.36. The third kappa shape index (κ3) is 2.67. The van der Waals surface area contributed by atoms with Gasteiger partial charge in [0.15, 0.2) is 0 Å². The van der Waals surface area contributed by atoms with Gasteiger partial charge in [0.1, 0.15) is 6.04 Å². The largest absolute Gasteiger partial charge is 0.358 e. The third-order valence-electron chi connectivity index (χ3n) is 5.36. The highest BCUT2D eigenvalue weighted by molar-refractivity contribution is 5.85. The molecule has 124 valence electrons. The standard InChI is InChI=1S/C19H22N4O/c20-11-14-4-3-9-23(14)19(24)12-21-13-7-8-18-16(10-13)15-5-1-2-6-17(15)22-18/h1-2,5-6,13-14,21-22H,3-4,7-10,12H2/t13-,14+/m1/s1. The molecule has 24 heavy (non-hydrogen) atoms. The molecule has 1 aromatic carbocycles. The first-order chi connectivity index (χ1) is 11.8. The Morgan fingerprint density at radius 2 is 2.25 bits per heavy atom. The van der Waals surface area contributed by atoms with E-state index in [1.807, 2.05) is 0 Å². The monoisotopic (exact) mass is 322 g/mol. The van der Waals surface area contributed by atoms with Crippen molar-refractivity contribution in [2.75, 3.05) is 13.1 Å². The summed E-state index contributed by atoms with van der Waals surface area (Å²) in [6.07, 6.45) is 4.75. The number of aryl methyl sites for hydroxylation is 1. The van der Waals surface area contributed by atoms with Crippen LogP contribution in [0.3, 0.4) is 0 Å². The summed E-state index contributed by atoms with van der Waals surface area (Å²) in [5, 5.41) is 13.8. The van der Waals surface area contributed by atoms with Crippen molar-refractivity contribution in [3.8, 4) is 6.07 Å². The van der Waals surface area contributed by atoms with Crippen molar-refractivity contribution in [3.05, 3.63) is 35.5 Å². The van der Waals surface area contributed by atoms with E-state index in [1.54, 1.807) is 4.90 Å². The van der Waals surface area contributed by atoms with E-state index in [2.05, 4.69) is 40.6 Å². The van der Waals surface area contributed by atoms with Gasteiger partial charge in [0, 0.05) is 29.2 Å². The summed E-state index contributed by atoms with van der Waals surface area (Å²) >= 11 is 0. The van der Waals surface area contributed by atoms with Gasteiger partial charge in [-0.1, -0.05) is 18.2 Å². The van der Waals surface area contributed by atoms with Crippen LogP contribution in [0.1, 0.15) is 30.5 Å². The average Bonchev–Trinajstić information content (AvgIpc) is 3.23. The molecule has 1 aromatic heterocycles. The van der Waals surface area contributed by atoms with E-state index in [0.29, 0.717) is 12.6 Å². The quantitative estimate of drug-likeness (QED) is 0.909. The number of carbonyl (C=O) groups is 1. The van der Waals surface area contributed by atoms with Gasteiger partial charge in [-0.2, -0.15) is 5.26 Å². The lowest BCUT2D eigenvalue weighted by Crippen LogP contribution is -2.44. The molecular weight excluding hydrogens is 300 g/mol. The number of hydrogen-bond donors (Lipinski definition) is 2. The van der Waals surface area contributed by atoms with Crippen LogP contribution in [0.4, 0.5) is 0 Å². The van der Waals surface area contributed by atoms with Gasteiger partial charge >= 0.3 is 0 Å². The Bertz CT molecular complexity index is 803. The fraction of sp³-hybridized carbons (Fsp3) is 0.474. The summed E-state index contributed by atoms with van der Waals surface area (Å²) in [5.74, 6) is 0.0590. The number of carbonyl (C=O) groups excluding carboxylic acids is 1. The molecule has 2 heterocycles. The van der Waals surface area contributed by atoms with Gasteiger partial charge in [-0.05, 0) is 43.7 Å². The lowest BCUT2D eigenvalue weighted by Gasteiger charge is -2.25. The van der Waals surface area contributed by atoms with Crippen LogP contribution in [0.5, 0.6) is 0 Å². The van der Waals surface area contributed by atoms with Crippen molar-refractivity contribution in [2.24, 2.45) is 0 Å². The minimum absolute atomic E-state index is 0.0590. The van der Waals surface area contributed by atoms with Crippen molar-refractivity contribution in [1.82, 2.24) is 15.2 Å². The summed E-state index contributed by atoms with van der Waals surface area (Å²) in [4.78, 5) is 17.6. The number of aromatic amines is 1. The molecule has 2 aliphatic rings. The molecule has 2 atom stereocenters. The lowest BCUT2D eigenvalue weighted by atomic mass is 9.91. The smallest absolute Gasteiger partial charge is 0.237 e. The molecule has 0 unspecified atom stereocenters. The van der Waals surface area contributed by atoms with E-state index in [9.17, 15) is 4.79 Å². The van der Waals surface area contributed by atoms with E-state index in [-0.39, 0.29) is 11.9 Å². The number of amides is 1. The Morgan fingerprint density at radius 3 is 3.12 bits per heavy atom. The fourth-order valence-electron chi connectivity index (χ4n) is 4.08. The summed E-state index contributed by atoms with van der Waals surface area (Å²) < 4.78 is 0. The van der Waals surface area contributed by atoms with Gasteiger partial charge in [0.05, 0.1) is 12.6 Å². The molecule has 5 nitrogen and oxygen atoms in total. The van der Waals surface area contributed by atoms with E-state index >= 15 is 0 Å². The first-order valence-corrected chi connectivity index (χ1v) is 8.77. The van der Waals surface area contributed by atoms with Gasteiger partial charge in [-0.25, -0.2) is 0 Å². The highest BCUT2D eigenvalue weighted by Gasteiger charge is 2.29. The Kier molecular flexibility index (Phi) is 3.99. The zero-order valence-corrected chi connectivity index (χ0v) is 13.7. The first kappa shape index (κ1) is 15.2. The normalized spacial score (nSPS) is 23.2. The van der Waals surface area contributed by atoms with E-state index in [4.69, 9.17) is 5.26 Å². The molecular formula is C19H22N4O. The van der Waals surface area contributed by atoms with Crippen LogP contribution in [0, 0.1) is 11.3 Å². The maximum absolute atomic E-state index is 12.4. The number of para-hydroxylation sites is 1. The Hall–Kier alpha value is -2.32. The molecule has 1 amide bonds. The Morgan fingerprint density at radius 1 is 1.38 bits per heavy atom. The van der Waals surface area contributed by atoms with Crippen molar-refractivity contribution >= 4 is 16.8 Å². The summed E-state index contributed by atoms with van der Waals surface area (Å²) in [5.41, 5.74) is 3.93. The van der Waals surface area contributed by atoms with Crippen LogP contribution in [-0.2, 0) is 17.6 Å². The minimum atomic E-state index is -0.231. The number of hydrogen-bond acceptors (Lipinski definition) is 3. The molecule has 1 aliphatic carbocycles. The number of nitriles is 1. The summed E-state index contributed by atoms with van der Waals surface area (Å²) in [7, 11) is 0. The molecule has 2 N–H and O–H groups in total. The predicted octanol–water partition coefficient (Wildman–Crippen LogP) is 2.13. The van der Waals surface area contributed by atoms with Crippen LogP contribution in [0.15, 0.2) is 24.3 Å². The molecule has 0 bridgehead atoms. The highest BCUT2D eigenvalue weighted by atomic mass is 16.2. The second kappa shape index (κ2) is 6.29. The molecule has 0 radical (unpaired) electrons. The lowest BCUT2D eigenvalue weighted by molar-refractivity contribution is -0.130.